The van der Waals surface area contributed by atoms with Crippen molar-refractivity contribution in [1.29, 1.82) is 0 Å². The number of ether oxygens (including phenoxy) is 1. The van der Waals surface area contributed by atoms with Crippen LogP contribution in [0, 0.1) is 0 Å². The van der Waals surface area contributed by atoms with Gasteiger partial charge in [0.05, 0.1) is 6.61 Å². The first-order chi connectivity index (χ1) is 15.4. The molecule has 2 heterocycles. The van der Waals surface area contributed by atoms with Crippen molar-refractivity contribution in [3.05, 3.63) is 35.7 Å². The lowest BCUT2D eigenvalue weighted by Gasteiger charge is -2.19. The summed E-state index contributed by atoms with van der Waals surface area (Å²) in [7, 11) is 1.62. The molecule has 1 atom stereocenters. The largest absolute Gasteiger partial charge is 0.464 e. The van der Waals surface area contributed by atoms with Crippen molar-refractivity contribution in [1.82, 2.24) is 25.3 Å². The molecule has 1 N–H and O–H groups in total. The molecule has 3 rings (SSSR count). The Morgan fingerprint density at radius 1 is 1.22 bits per heavy atom. The van der Waals surface area contributed by atoms with E-state index >= 15 is 0 Å². The number of nitrogens with zero attached hydrogens (tertiary/aromatic N) is 4. The summed E-state index contributed by atoms with van der Waals surface area (Å²) in [6.45, 7) is 5.49. The summed E-state index contributed by atoms with van der Waals surface area (Å²) in [6.07, 6.45) is 2.48. The lowest BCUT2D eigenvalue weighted by Crippen LogP contribution is -2.46. The van der Waals surface area contributed by atoms with Gasteiger partial charge < -0.3 is 24.4 Å². The number of amides is 3. The first-order valence-electron chi connectivity index (χ1n) is 10.8. The molecule has 0 aliphatic carbocycles. The van der Waals surface area contributed by atoms with E-state index < -0.39 is 18.0 Å². The molecule has 1 aliphatic heterocycles. The zero-order valence-electron chi connectivity index (χ0n) is 18.7. The number of likely N-dealkylation sites (N-methyl/N-ethyl adjacent to an activating group) is 1. The monoisotopic (exact) mass is 443 g/mol. The van der Waals surface area contributed by atoms with Crippen LogP contribution in [0.3, 0.4) is 0 Å². The van der Waals surface area contributed by atoms with Crippen LogP contribution in [0.25, 0.3) is 11.5 Å². The van der Waals surface area contributed by atoms with Crippen LogP contribution < -0.4 is 5.32 Å². The van der Waals surface area contributed by atoms with Crippen LogP contribution in [-0.2, 0) is 16.0 Å². The molecule has 10 nitrogen and oxygen atoms in total. The number of benzene rings is 1. The van der Waals surface area contributed by atoms with Gasteiger partial charge in [-0.3, -0.25) is 4.79 Å². The van der Waals surface area contributed by atoms with E-state index in [1.54, 1.807) is 45.2 Å². The quantitative estimate of drug-likeness (QED) is 0.621. The highest BCUT2D eigenvalue weighted by molar-refractivity contribution is 5.94. The van der Waals surface area contributed by atoms with Crippen molar-refractivity contribution in [2.45, 2.75) is 39.2 Å². The van der Waals surface area contributed by atoms with E-state index in [2.05, 4.69) is 15.5 Å². The summed E-state index contributed by atoms with van der Waals surface area (Å²) in [5.41, 5.74) is 1.36. The zero-order valence-corrected chi connectivity index (χ0v) is 18.7. The summed E-state index contributed by atoms with van der Waals surface area (Å²) < 4.78 is 10.2. The van der Waals surface area contributed by atoms with Crippen molar-refractivity contribution < 1.29 is 23.6 Å². The van der Waals surface area contributed by atoms with Crippen molar-refractivity contribution in [3.8, 4) is 11.5 Å². The molecule has 1 aromatic carbocycles. The van der Waals surface area contributed by atoms with E-state index in [4.69, 9.17) is 9.26 Å². The topological polar surface area (TPSA) is 118 Å². The van der Waals surface area contributed by atoms with Gasteiger partial charge in [0.15, 0.2) is 5.82 Å². The highest BCUT2D eigenvalue weighted by Crippen LogP contribution is 2.20. The number of carbonyl (C=O) groups excluding carboxylic acids is 3. The van der Waals surface area contributed by atoms with Crippen molar-refractivity contribution in [2.75, 3.05) is 33.3 Å². The second-order valence-corrected chi connectivity index (χ2v) is 7.69. The highest BCUT2D eigenvalue weighted by Gasteiger charge is 2.21. The first kappa shape index (κ1) is 23.2. The Morgan fingerprint density at radius 2 is 1.91 bits per heavy atom. The number of rotatable bonds is 8. The van der Waals surface area contributed by atoms with Crippen LogP contribution in [0.1, 0.15) is 42.9 Å². The Kier molecular flexibility index (Phi) is 7.80. The molecule has 2 aromatic rings. The number of urea groups is 1. The van der Waals surface area contributed by atoms with Gasteiger partial charge in [-0.05, 0) is 51.0 Å². The van der Waals surface area contributed by atoms with Gasteiger partial charge in [-0.2, -0.15) is 4.98 Å². The minimum atomic E-state index is -0.734. The zero-order chi connectivity index (χ0) is 23.1. The minimum Gasteiger partial charge on any atom is -0.464 e. The maximum absolute atomic E-state index is 12.5. The number of carbonyl (C=O) groups is 3. The first-order valence-corrected chi connectivity index (χ1v) is 10.8. The molecule has 0 saturated carbocycles. The van der Waals surface area contributed by atoms with Crippen LogP contribution in [0.5, 0.6) is 0 Å². The van der Waals surface area contributed by atoms with Crippen LogP contribution in [0.15, 0.2) is 28.8 Å². The maximum atomic E-state index is 12.5. The molecule has 1 aliphatic rings. The number of hydrogen-bond acceptors (Lipinski definition) is 7. The van der Waals surface area contributed by atoms with Gasteiger partial charge in [-0.25, -0.2) is 9.59 Å². The number of nitrogens with one attached hydrogen (secondary N) is 1. The van der Waals surface area contributed by atoms with Crippen LogP contribution in [0.2, 0.25) is 0 Å². The molecule has 32 heavy (non-hydrogen) atoms. The number of hydrogen-bond donors (Lipinski definition) is 1. The molecule has 1 aromatic heterocycles. The van der Waals surface area contributed by atoms with Crippen LogP contribution >= 0.6 is 0 Å². The Balaban J connectivity index is 1.51. The van der Waals surface area contributed by atoms with E-state index in [1.807, 2.05) is 4.90 Å². The minimum absolute atomic E-state index is 0.0406. The van der Waals surface area contributed by atoms with E-state index in [9.17, 15) is 14.4 Å². The fourth-order valence-corrected chi connectivity index (χ4v) is 3.32. The molecule has 0 radical (unpaired) electrons. The molecule has 3 amide bonds. The third-order valence-electron chi connectivity index (χ3n) is 5.24. The summed E-state index contributed by atoms with van der Waals surface area (Å²) in [5.74, 6) is 0.364. The van der Waals surface area contributed by atoms with Crippen LogP contribution in [0.4, 0.5) is 4.79 Å². The molecule has 0 bridgehead atoms. The standard InChI is InChI=1S/C22H29N5O5/c1-4-31-21(29)15(2)23-22(30)26(3)14-11-18-24-19(32-25-18)16-7-9-17(10-8-16)20(28)27-12-5-6-13-27/h7-10,15H,4-6,11-14H2,1-3H3,(H,23,30). The predicted octanol–water partition coefficient (Wildman–Crippen LogP) is 2.11. The fraction of sp³-hybridized carbons (Fsp3) is 0.500. The molecule has 1 unspecified atom stereocenters. The average molecular weight is 444 g/mol. The second kappa shape index (κ2) is 10.7. The molecule has 10 heteroatoms. The SMILES string of the molecule is CCOC(=O)C(C)NC(=O)N(C)CCc1noc(-c2ccc(C(=O)N3CCCC3)cc2)n1. The van der Waals surface area contributed by atoms with Gasteiger partial charge in [0.25, 0.3) is 11.8 Å². The Labute approximate surface area is 186 Å². The van der Waals surface area contributed by atoms with Gasteiger partial charge in [0.1, 0.15) is 6.04 Å². The summed E-state index contributed by atoms with van der Waals surface area (Å²) in [6, 6.07) is 5.98. The normalized spacial score (nSPS) is 14.2. The number of likely N-dealkylation sites (tertiary alicyclic amines) is 1. The molecular weight excluding hydrogens is 414 g/mol. The fourth-order valence-electron chi connectivity index (χ4n) is 3.32. The Bertz CT molecular complexity index is 936. The van der Waals surface area contributed by atoms with Gasteiger partial charge in [-0.1, -0.05) is 5.16 Å². The van der Waals surface area contributed by atoms with Crippen LogP contribution in [-0.4, -0.2) is 77.2 Å². The molecule has 1 fully saturated rings. The van der Waals surface area contributed by atoms with E-state index in [0.29, 0.717) is 30.2 Å². The van der Waals surface area contributed by atoms with Gasteiger partial charge >= 0.3 is 12.0 Å². The molecule has 0 spiro atoms. The molecule has 1 saturated heterocycles. The lowest BCUT2D eigenvalue weighted by atomic mass is 10.1. The van der Waals surface area contributed by atoms with E-state index in [1.165, 1.54) is 4.90 Å². The summed E-state index contributed by atoms with van der Waals surface area (Å²) in [4.78, 5) is 44.0. The van der Waals surface area contributed by atoms with Crippen molar-refractivity contribution >= 4 is 17.9 Å². The van der Waals surface area contributed by atoms with Crippen molar-refractivity contribution in [3.63, 3.8) is 0 Å². The van der Waals surface area contributed by atoms with Gasteiger partial charge in [0.2, 0.25) is 0 Å². The molecular formula is C22H29N5O5. The lowest BCUT2D eigenvalue weighted by molar-refractivity contribution is -0.144. The van der Waals surface area contributed by atoms with E-state index in [-0.39, 0.29) is 12.5 Å². The number of aromatic nitrogens is 2. The summed E-state index contributed by atoms with van der Waals surface area (Å²) in [5, 5.41) is 6.55. The Morgan fingerprint density at radius 3 is 2.56 bits per heavy atom. The third-order valence-corrected chi connectivity index (χ3v) is 5.24. The average Bonchev–Trinajstić information content (AvgIpc) is 3.49. The Hall–Kier alpha value is -3.43. The number of esters is 1. The maximum Gasteiger partial charge on any atom is 0.328 e. The second-order valence-electron chi connectivity index (χ2n) is 7.69. The van der Waals surface area contributed by atoms with E-state index in [0.717, 1.165) is 31.5 Å². The third kappa shape index (κ3) is 5.83. The highest BCUT2D eigenvalue weighted by atomic mass is 16.5. The van der Waals surface area contributed by atoms with Gasteiger partial charge in [0, 0.05) is 44.2 Å². The molecule has 172 valence electrons. The summed E-state index contributed by atoms with van der Waals surface area (Å²) >= 11 is 0. The smallest absolute Gasteiger partial charge is 0.328 e. The van der Waals surface area contributed by atoms with Gasteiger partial charge in [-0.15, -0.1) is 0 Å². The predicted molar refractivity (Wildman–Crippen MR) is 116 cm³/mol. The van der Waals surface area contributed by atoms with Crippen molar-refractivity contribution in [2.24, 2.45) is 0 Å².